The van der Waals surface area contributed by atoms with Gasteiger partial charge >= 0.3 is 0 Å². The summed E-state index contributed by atoms with van der Waals surface area (Å²) < 4.78 is 0. The first-order valence-electron chi connectivity index (χ1n) is 16.9. The van der Waals surface area contributed by atoms with Gasteiger partial charge in [0.1, 0.15) is 0 Å². The minimum Gasteiger partial charge on any atom is -0.247 e. The maximum absolute atomic E-state index is 5.39. The summed E-state index contributed by atoms with van der Waals surface area (Å²) in [4.78, 5) is 15.8. The van der Waals surface area contributed by atoms with Crippen molar-refractivity contribution in [1.82, 2.24) is 15.0 Å². The van der Waals surface area contributed by atoms with Gasteiger partial charge in [-0.25, -0.2) is 15.0 Å². The maximum atomic E-state index is 5.39. The summed E-state index contributed by atoms with van der Waals surface area (Å²) in [7, 11) is 0. The Morgan fingerprint density at radius 1 is 0.200 bits per heavy atom. The molecule has 0 unspecified atom stereocenters. The lowest BCUT2D eigenvalue weighted by molar-refractivity contribution is 1.21. The summed E-state index contributed by atoms with van der Waals surface area (Å²) in [5, 5.41) is 3.55. The lowest BCUT2D eigenvalue weighted by Crippen LogP contribution is -2.00. The smallest absolute Gasteiger partial charge is 0.0973 e. The predicted octanol–water partition coefficient (Wildman–Crippen LogP) is 12.2. The molecular formula is C47H31N3. The minimum atomic E-state index is 0.853. The van der Waals surface area contributed by atoms with Gasteiger partial charge < -0.3 is 0 Å². The summed E-state index contributed by atoms with van der Waals surface area (Å²) in [6.07, 6.45) is 0. The lowest BCUT2D eigenvalue weighted by Gasteiger charge is -2.16. The molecule has 0 aliphatic heterocycles. The predicted molar refractivity (Wildman–Crippen MR) is 207 cm³/mol. The molecule has 3 heteroatoms. The standard InChI is InChI=1S/C47H31N3/c1-4-14-34(15-5-1)44-45(35-16-6-2-7-17-35)50-47(46(49-44)36-18-8-3-9-19-36)38-30-26-33(27-31-38)32-24-28-37(29-25-32)43-41-22-11-10-20-39(41)40-21-12-13-23-42(40)48-43/h1-31H. The maximum Gasteiger partial charge on any atom is 0.0973 e. The van der Waals surface area contributed by atoms with E-state index in [-0.39, 0.29) is 0 Å². The van der Waals surface area contributed by atoms with Crippen LogP contribution in [0.25, 0.3) is 89.1 Å². The van der Waals surface area contributed by atoms with Crippen LogP contribution >= 0.6 is 0 Å². The van der Waals surface area contributed by atoms with Crippen LogP contribution in [0.2, 0.25) is 0 Å². The van der Waals surface area contributed by atoms with E-state index in [1.807, 2.05) is 30.3 Å². The van der Waals surface area contributed by atoms with Crippen LogP contribution < -0.4 is 0 Å². The van der Waals surface area contributed by atoms with Gasteiger partial charge in [0.2, 0.25) is 0 Å². The molecule has 0 amide bonds. The van der Waals surface area contributed by atoms with Crippen LogP contribution in [0.3, 0.4) is 0 Å². The van der Waals surface area contributed by atoms with E-state index < -0.39 is 0 Å². The van der Waals surface area contributed by atoms with Crippen molar-refractivity contribution >= 4 is 21.7 Å². The second-order valence-electron chi connectivity index (χ2n) is 12.4. The number of hydrogen-bond donors (Lipinski definition) is 0. The third kappa shape index (κ3) is 5.41. The van der Waals surface area contributed by atoms with Crippen molar-refractivity contribution < 1.29 is 0 Å². The van der Waals surface area contributed by atoms with Crippen LogP contribution in [0, 0.1) is 0 Å². The summed E-state index contributed by atoms with van der Waals surface area (Å²) in [5.41, 5.74) is 12.9. The number of nitrogens with zero attached hydrogens (tertiary/aromatic N) is 3. The molecule has 234 valence electrons. The topological polar surface area (TPSA) is 38.7 Å². The highest BCUT2D eigenvalue weighted by atomic mass is 14.9. The average molecular weight is 638 g/mol. The lowest BCUT2D eigenvalue weighted by atomic mass is 9.96. The van der Waals surface area contributed by atoms with Crippen molar-refractivity contribution in [3.05, 3.63) is 188 Å². The summed E-state index contributed by atoms with van der Waals surface area (Å²) in [5.74, 6) is 0. The number of aromatic nitrogens is 3. The Morgan fingerprint density at radius 3 is 0.980 bits per heavy atom. The summed E-state index contributed by atoms with van der Waals surface area (Å²) in [6.45, 7) is 0. The molecule has 0 aliphatic rings. The zero-order valence-electron chi connectivity index (χ0n) is 27.2. The van der Waals surface area contributed by atoms with Crippen molar-refractivity contribution in [2.75, 3.05) is 0 Å². The van der Waals surface area contributed by atoms with E-state index in [1.54, 1.807) is 0 Å². The van der Waals surface area contributed by atoms with E-state index in [4.69, 9.17) is 15.0 Å². The van der Waals surface area contributed by atoms with Crippen molar-refractivity contribution in [3.8, 4) is 67.4 Å². The number of para-hydroxylation sites is 1. The molecule has 2 aromatic heterocycles. The van der Waals surface area contributed by atoms with Gasteiger partial charge in [-0.15, -0.1) is 0 Å². The first-order valence-corrected chi connectivity index (χ1v) is 16.9. The van der Waals surface area contributed by atoms with Gasteiger partial charge in [0.05, 0.1) is 34.0 Å². The normalized spacial score (nSPS) is 11.2. The van der Waals surface area contributed by atoms with Gasteiger partial charge in [-0.2, -0.15) is 0 Å². The monoisotopic (exact) mass is 637 g/mol. The second kappa shape index (κ2) is 12.7. The zero-order valence-corrected chi connectivity index (χ0v) is 27.2. The van der Waals surface area contributed by atoms with E-state index in [0.29, 0.717) is 0 Å². The van der Waals surface area contributed by atoms with E-state index in [2.05, 4.69) is 158 Å². The van der Waals surface area contributed by atoms with Crippen molar-refractivity contribution in [1.29, 1.82) is 0 Å². The molecule has 0 fully saturated rings. The fourth-order valence-electron chi connectivity index (χ4n) is 6.79. The minimum absolute atomic E-state index is 0.853. The number of hydrogen-bond acceptors (Lipinski definition) is 3. The van der Waals surface area contributed by atoms with E-state index >= 15 is 0 Å². The van der Waals surface area contributed by atoms with Crippen LogP contribution in [-0.2, 0) is 0 Å². The Kier molecular flexibility index (Phi) is 7.49. The first-order chi connectivity index (χ1) is 24.8. The van der Waals surface area contributed by atoms with Crippen LogP contribution in [0.1, 0.15) is 0 Å². The molecule has 50 heavy (non-hydrogen) atoms. The Balaban J connectivity index is 1.12. The second-order valence-corrected chi connectivity index (χ2v) is 12.4. The molecule has 0 N–H and O–H groups in total. The number of benzene rings is 7. The molecule has 0 saturated carbocycles. The van der Waals surface area contributed by atoms with E-state index in [9.17, 15) is 0 Å². The van der Waals surface area contributed by atoms with Crippen LogP contribution in [0.4, 0.5) is 0 Å². The van der Waals surface area contributed by atoms with Crippen molar-refractivity contribution in [3.63, 3.8) is 0 Å². The van der Waals surface area contributed by atoms with Crippen molar-refractivity contribution in [2.24, 2.45) is 0 Å². The van der Waals surface area contributed by atoms with Crippen LogP contribution in [0.5, 0.6) is 0 Å². The van der Waals surface area contributed by atoms with Crippen molar-refractivity contribution in [2.45, 2.75) is 0 Å². The molecule has 0 bridgehead atoms. The van der Waals surface area contributed by atoms with E-state index in [1.165, 1.54) is 10.8 Å². The number of fused-ring (bicyclic) bond motifs is 3. The highest BCUT2D eigenvalue weighted by Crippen LogP contribution is 2.38. The van der Waals surface area contributed by atoms with Gasteiger partial charge in [-0.05, 0) is 22.6 Å². The summed E-state index contributed by atoms with van der Waals surface area (Å²) in [6, 6.07) is 65.3. The molecule has 0 radical (unpaired) electrons. The van der Waals surface area contributed by atoms with E-state index in [0.717, 1.165) is 78.3 Å². The molecule has 7 aromatic carbocycles. The van der Waals surface area contributed by atoms with Gasteiger partial charge in [-0.1, -0.05) is 182 Å². The number of pyridine rings is 1. The Morgan fingerprint density at radius 2 is 0.520 bits per heavy atom. The van der Waals surface area contributed by atoms with Gasteiger partial charge in [0.15, 0.2) is 0 Å². The molecule has 0 atom stereocenters. The third-order valence-electron chi connectivity index (χ3n) is 9.30. The Hall–Kier alpha value is -6.71. The van der Waals surface area contributed by atoms with Gasteiger partial charge in [0.25, 0.3) is 0 Å². The third-order valence-corrected chi connectivity index (χ3v) is 9.30. The number of rotatable bonds is 6. The van der Waals surface area contributed by atoms with Gasteiger partial charge in [-0.3, -0.25) is 0 Å². The summed E-state index contributed by atoms with van der Waals surface area (Å²) >= 11 is 0. The quantitative estimate of drug-likeness (QED) is 0.170. The zero-order chi connectivity index (χ0) is 33.3. The molecule has 0 spiro atoms. The molecular weight excluding hydrogens is 607 g/mol. The van der Waals surface area contributed by atoms with Crippen LogP contribution in [-0.4, -0.2) is 15.0 Å². The first kappa shape index (κ1) is 29.4. The molecule has 0 saturated heterocycles. The Bertz CT molecular complexity index is 2600. The highest BCUT2D eigenvalue weighted by molar-refractivity contribution is 6.10. The fourth-order valence-corrected chi connectivity index (χ4v) is 6.79. The Labute approximate surface area is 291 Å². The SMILES string of the molecule is c1ccc(-c2nc(-c3ccccc3)c(-c3ccc(-c4ccc(-c5nc6ccccc6c6ccccc56)cc4)cc3)nc2-c2ccccc2)cc1. The molecule has 0 aliphatic carbocycles. The molecule has 9 rings (SSSR count). The largest absolute Gasteiger partial charge is 0.247 e. The molecule has 2 heterocycles. The average Bonchev–Trinajstić information content (AvgIpc) is 3.21. The van der Waals surface area contributed by atoms with Gasteiger partial charge in [0, 0.05) is 38.6 Å². The van der Waals surface area contributed by atoms with Crippen LogP contribution in [0.15, 0.2) is 188 Å². The fraction of sp³-hybridized carbons (Fsp3) is 0. The highest BCUT2D eigenvalue weighted by Gasteiger charge is 2.19. The molecule has 9 aromatic rings. The molecule has 3 nitrogen and oxygen atoms in total.